The fourth-order valence-corrected chi connectivity index (χ4v) is 5.25. The molecular formula is C27H23Cl2N5O2S. The van der Waals surface area contributed by atoms with Gasteiger partial charge in [-0.25, -0.2) is 0 Å². The van der Waals surface area contributed by atoms with Gasteiger partial charge in [0.25, 0.3) is 0 Å². The Bertz CT molecular complexity index is 1450. The lowest BCUT2D eigenvalue weighted by Crippen LogP contribution is -2.30. The molecule has 0 radical (unpaired) electrons. The lowest BCUT2D eigenvalue weighted by atomic mass is 10.0. The number of hydrogen-bond donors (Lipinski definition) is 2. The summed E-state index contributed by atoms with van der Waals surface area (Å²) in [6.45, 7) is -0.0630. The van der Waals surface area contributed by atoms with E-state index >= 15 is 0 Å². The Morgan fingerprint density at radius 3 is 2.68 bits per heavy atom. The second-order valence-electron chi connectivity index (χ2n) is 8.42. The number of nitrogens with zero attached hydrogens (tertiary/aromatic N) is 3. The Labute approximate surface area is 230 Å². The van der Waals surface area contributed by atoms with Crippen molar-refractivity contribution >= 4 is 57.8 Å². The van der Waals surface area contributed by atoms with Crippen LogP contribution >= 0.6 is 35.4 Å². The lowest BCUT2D eigenvalue weighted by Gasteiger charge is -2.29. The fourth-order valence-electron chi connectivity index (χ4n) is 4.50. The highest BCUT2D eigenvalue weighted by atomic mass is 35.5. The summed E-state index contributed by atoms with van der Waals surface area (Å²) in [6, 6.07) is 22.5. The Morgan fingerprint density at radius 1 is 1.08 bits per heavy atom. The first-order chi connectivity index (χ1) is 18.0. The first kappa shape index (κ1) is 25.2. The number of thiocarbonyl (C=S) groups is 1. The van der Waals surface area contributed by atoms with Crippen molar-refractivity contribution in [2.24, 2.45) is 0 Å². The molecule has 2 aromatic heterocycles. The van der Waals surface area contributed by atoms with Crippen LogP contribution in [0.15, 0.2) is 85.2 Å². The average molecular weight is 552 g/mol. The van der Waals surface area contributed by atoms with Crippen LogP contribution in [0.3, 0.4) is 0 Å². The maximum atomic E-state index is 12.0. The number of benzene rings is 2. The first-order valence-electron chi connectivity index (χ1n) is 11.5. The van der Waals surface area contributed by atoms with Crippen LogP contribution in [0, 0.1) is 0 Å². The van der Waals surface area contributed by atoms with E-state index in [1.165, 1.54) is 7.11 Å². The van der Waals surface area contributed by atoms with Crippen LogP contribution in [0.2, 0.25) is 10.0 Å². The van der Waals surface area contributed by atoms with E-state index in [0.29, 0.717) is 20.8 Å². The van der Waals surface area contributed by atoms with Crippen molar-refractivity contribution in [3.05, 3.63) is 107 Å². The smallest absolute Gasteiger partial charge is 0.250 e. The number of carbonyl (C=O) groups is 1. The normalized spacial score (nSPS) is 17.1. The zero-order valence-corrected chi connectivity index (χ0v) is 22.1. The summed E-state index contributed by atoms with van der Waals surface area (Å²) >= 11 is 18.7. The van der Waals surface area contributed by atoms with Gasteiger partial charge in [-0.2, -0.15) is 0 Å². The number of hydrogen-bond acceptors (Lipinski definition) is 4. The molecule has 7 nitrogen and oxygen atoms in total. The Balaban J connectivity index is 1.59. The van der Waals surface area contributed by atoms with E-state index in [9.17, 15) is 4.79 Å². The van der Waals surface area contributed by atoms with Crippen molar-refractivity contribution < 1.29 is 9.53 Å². The Kier molecular flexibility index (Phi) is 7.43. The van der Waals surface area contributed by atoms with Gasteiger partial charge in [-0.15, -0.1) is 0 Å². The molecule has 0 spiro atoms. The topological polar surface area (TPSA) is 71.4 Å². The number of anilines is 2. The molecule has 5 rings (SSSR count). The molecule has 1 saturated heterocycles. The van der Waals surface area contributed by atoms with E-state index in [4.69, 9.17) is 40.2 Å². The molecule has 10 heteroatoms. The first-order valence-corrected chi connectivity index (χ1v) is 12.6. The van der Waals surface area contributed by atoms with Gasteiger partial charge in [0.05, 0.1) is 22.4 Å². The van der Waals surface area contributed by atoms with Crippen molar-refractivity contribution in [1.29, 1.82) is 0 Å². The molecule has 2 aromatic carbocycles. The molecule has 0 unspecified atom stereocenters. The van der Waals surface area contributed by atoms with Crippen molar-refractivity contribution in [2.45, 2.75) is 12.1 Å². The number of halogens is 2. The van der Waals surface area contributed by atoms with Gasteiger partial charge >= 0.3 is 0 Å². The van der Waals surface area contributed by atoms with Crippen LogP contribution in [0.4, 0.5) is 11.4 Å². The van der Waals surface area contributed by atoms with Gasteiger partial charge in [0.1, 0.15) is 12.6 Å². The molecule has 2 atom stereocenters. The maximum Gasteiger partial charge on any atom is 0.250 e. The van der Waals surface area contributed by atoms with Crippen LogP contribution in [-0.2, 0) is 9.53 Å². The average Bonchev–Trinajstić information content (AvgIpc) is 3.50. The molecule has 0 aliphatic carbocycles. The predicted molar refractivity (Wildman–Crippen MR) is 151 cm³/mol. The molecule has 0 bridgehead atoms. The summed E-state index contributed by atoms with van der Waals surface area (Å²) in [7, 11) is 1.46. The number of carbonyl (C=O) groups excluding carboxylic acids is 1. The van der Waals surface area contributed by atoms with Gasteiger partial charge < -0.3 is 24.8 Å². The van der Waals surface area contributed by atoms with E-state index in [0.717, 1.165) is 22.8 Å². The molecule has 1 fully saturated rings. The third-order valence-electron chi connectivity index (χ3n) is 6.05. The molecule has 4 aromatic rings. The highest BCUT2D eigenvalue weighted by Crippen LogP contribution is 2.43. The third kappa shape index (κ3) is 5.19. The third-order valence-corrected chi connectivity index (χ3v) is 6.91. The molecule has 3 heterocycles. The number of amides is 1. The lowest BCUT2D eigenvalue weighted by molar-refractivity contribution is -0.119. The van der Waals surface area contributed by atoms with Gasteiger partial charge in [-0.05, 0) is 72.9 Å². The second-order valence-corrected chi connectivity index (χ2v) is 9.66. The van der Waals surface area contributed by atoms with Gasteiger partial charge in [-0.3, -0.25) is 9.78 Å². The molecule has 2 N–H and O–H groups in total. The van der Waals surface area contributed by atoms with E-state index in [-0.39, 0.29) is 24.6 Å². The van der Waals surface area contributed by atoms with Gasteiger partial charge in [0, 0.05) is 41.6 Å². The molecule has 188 valence electrons. The minimum atomic E-state index is -0.289. The minimum absolute atomic E-state index is 0.0630. The van der Waals surface area contributed by atoms with Gasteiger partial charge in [-0.1, -0.05) is 35.3 Å². The predicted octanol–water partition coefficient (Wildman–Crippen LogP) is 5.94. The summed E-state index contributed by atoms with van der Waals surface area (Å²) in [6.07, 6.45) is 3.77. The van der Waals surface area contributed by atoms with Gasteiger partial charge in [0.2, 0.25) is 5.91 Å². The number of aromatic nitrogens is 2. The van der Waals surface area contributed by atoms with Crippen LogP contribution in [-0.4, -0.2) is 34.3 Å². The Morgan fingerprint density at radius 2 is 1.95 bits per heavy atom. The van der Waals surface area contributed by atoms with Crippen LogP contribution < -0.4 is 15.5 Å². The van der Waals surface area contributed by atoms with Gasteiger partial charge in [0.15, 0.2) is 5.11 Å². The van der Waals surface area contributed by atoms with Crippen molar-refractivity contribution in [3.8, 4) is 5.69 Å². The Hall–Kier alpha value is -3.43. The number of ether oxygens (including phenoxy) is 1. The van der Waals surface area contributed by atoms with E-state index in [2.05, 4.69) is 26.3 Å². The summed E-state index contributed by atoms with van der Waals surface area (Å²) in [5, 5.41) is 7.78. The molecule has 1 aliphatic rings. The SMILES string of the molecule is COCC(=O)Nc1ccc(N2C(=S)N[C@H](c3ccccn3)[C@@H]2c2cccn2-c2cccc(Cl)c2)cc1Cl. The quantitative estimate of drug-likeness (QED) is 0.277. The molecule has 1 amide bonds. The largest absolute Gasteiger partial charge is 0.375 e. The highest BCUT2D eigenvalue weighted by Gasteiger charge is 2.42. The number of rotatable bonds is 7. The number of nitrogens with one attached hydrogen (secondary N) is 2. The zero-order valence-electron chi connectivity index (χ0n) is 19.8. The summed E-state index contributed by atoms with van der Waals surface area (Å²) in [5.74, 6) is -0.289. The molecule has 1 aliphatic heterocycles. The van der Waals surface area contributed by atoms with Crippen molar-refractivity contribution in [1.82, 2.24) is 14.9 Å². The van der Waals surface area contributed by atoms with Crippen molar-refractivity contribution in [3.63, 3.8) is 0 Å². The minimum Gasteiger partial charge on any atom is -0.375 e. The number of methoxy groups -OCH3 is 1. The standard InChI is InChI=1S/C27H23Cl2N5O2S/c1-36-16-24(35)31-21-11-10-19(15-20(21)29)34-26(25(32-27(34)37)22-8-2-3-12-30-22)23-9-5-13-33(23)18-7-4-6-17(28)14-18/h2-15,25-26H,16H2,1H3,(H,31,35)(H,32,37)/t25-,26+/m1/s1. The van der Waals surface area contributed by atoms with E-state index < -0.39 is 0 Å². The fraction of sp³-hybridized carbons (Fsp3) is 0.148. The summed E-state index contributed by atoms with van der Waals surface area (Å²) < 4.78 is 6.99. The highest BCUT2D eigenvalue weighted by molar-refractivity contribution is 7.80. The molecule has 0 saturated carbocycles. The summed E-state index contributed by atoms with van der Waals surface area (Å²) in [4.78, 5) is 18.6. The van der Waals surface area contributed by atoms with Crippen molar-refractivity contribution in [2.75, 3.05) is 23.9 Å². The van der Waals surface area contributed by atoms with E-state index in [1.807, 2.05) is 65.7 Å². The van der Waals surface area contributed by atoms with Crippen LogP contribution in [0.1, 0.15) is 23.5 Å². The molecule has 37 heavy (non-hydrogen) atoms. The molecular weight excluding hydrogens is 529 g/mol. The summed E-state index contributed by atoms with van der Waals surface area (Å²) in [5.41, 5.74) is 4.03. The van der Waals surface area contributed by atoms with E-state index in [1.54, 1.807) is 18.3 Å². The maximum absolute atomic E-state index is 12.0. The zero-order chi connectivity index (χ0) is 25.9. The van der Waals surface area contributed by atoms with Crippen LogP contribution in [0.5, 0.6) is 0 Å². The monoisotopic (exact) mass is 551 g/mol. The number of pyridine rings is 1. The second kappa shape index (κ2) is 10.9. The van der Waals surface area contributed by atoms with Crippen LogP contribution in [0.25, 0.3) is 5.69 Å².